The molecule has 1 heterocycles. The van der Waals surface area contributed by atoms with E-state index in [1.165, 1.54) is 0 Å². The third-order valence-electron chi connectivity index (χ3n) is 1.40. The molecule has 1 amide bonds. The Kier molecular flexibility index (Phi) is 2.50. The van der Waals surface area contributed by atoms with Crippen LogP contribution < -0.4 is 5.73 Å². The zero-order chi connectivity index (χ0) is 10.0. The summed E-state index contributed by atoms with van der Waals surface area (Å²) in [5.74, 6) is -2.12. The van der Waals surface area contributed by atoms with E-state index in [-0.39, 0.29) is 0 Å². The topological polar surface area (TPSA) is 56.0 Å². The summed E-state index contributed by atoms with van der Waals surface area (Å²) in [7, 11) is 0. The third kappa shape index (κ3) is 1.95. The van der Waals surface area contributed by atoms with Crippen LogP contribution in [-0.4, -0.2) is 10.9 Å². The van der Waals surface area contributed by atoms with Gasteiger partial charge in [-0.1, -0.05) is 0 Å². The molecule has 0 radical (unpaired) electrons. The lowest BCUT2D eigenvalue weighted by Gasteiger charge is -2.03. The van der Waals surface area contributed by atoms with E-state index in [2.05, 4.69) is 4.98 Å². The molecule has 1 rings (SSSR count). The zero-order valence-electron chi connectivity index (χ0n) is 6.30. The summed E-state index contributed by atoms with van der Waals surface area (Å²) in [6.07, 6.45) is -2.30. The number of halogens is 3. The molecule has 0 spiro atoms. The standard InChI is InChI=1S/C7H5F3N2O/c8-5-1-3(7(11)13)4(2-12-5)6(9)10/h1-2,6H,(H2,11,13). The van der Waals surface area contributed by atoms with Crippen LogP contribution in [-0.2, 0) is 0 Å². The molecular weight excluding hydrogens is 185 g/mol. The molecule has 0 unspecified atom stereocenters. The van der Waals surface area contributed by atoms with E-state index in [4.69, 9.17) is 5.73 Å². The fraction of sp³-hybridized carbons (Fsp3) is 0.143. The zero-order valence-corrected chi connectivity index (χ0v) is 6.30. The Bertz CT molecular complexity index is 341. The Morgan fingerprint density at radius 3 is 2.62 bits per heavy atom. The van der Waals surface area contributed by atoms with Crippen molar-refractivity contribution in [2.24, 2.45) is 5.73 Å². The van der Waals surface area contributed by atoms with Crippen LogP contribution >= 0.6 is 0 Å². The van der Waals surface area contributed by atoms with E-state index >= 15 is 0 Å². The number of nitrogens with zero attached hydrogens (tertiary/aromatic N) is 1. The molecule has 0 saturated heterocycles. The minimum Gasteiger partial charge on any atom is -0.366 e. The molecule has 0 aliphatic carbocycles. The fourth-order valence-corrected chi connectivity index (χ4v) is 0.828. The minimum absolute atomic E-state index is 0.539. The van der Waals surface area contributed by atoms with Crippen LogP contribution in [0.5, 0.6) is 0 Å². The van der Waals surface area contributed by atoms with Gasteiger partial charge in [0.15, 0.2) is 0 Å². The number of aromatic nitrogens is 1. The van der Waals surface area contributed by atoms with Crippen LogP contribution in [0.2, 0.25) is 0 Å². The maximum atomic E-state index is 12.4. The molecule has 6 heteroatoms. The highest BCUT2D eigenvalue weighted by atomic mass is 19.3. The van der Waals surface area contributed by atoms with Gasteiger partial charge in [0.1, 0.15) is 0 Å². The lowest BCUT2D eigenvalue weighted by Crippen LogP contribution is -2.15. The quantitative estimate of drug-likeness (QED) is 0.713. The third-order valence-corrected chi connectivity index (χ3v) is 1.40. The maximum Gasteiger partial charge on any atom is 0.266 e. The van der Waals surface area contributed by atoms with Crippen LogP contribution in [0, 0.1) is 5.95 Å². The molecule has 0 fully saturated rings. The summed E-state index contributed by atoms with van der Waals surface area (Å²) in [5.41, 5.74) is 3.56. The van der Waals surface area contributed by atoms with Gasteiger partial charge in [-0.15, -0.1) is 0 Å². The predicted octanol–water partition coefficient (Wildman–Crippen LogP) is 1.26. The summed E-state index contributed by atoms with van der Waals surface area (Å²) in [6, 6.07) is 0.587. The molecule has 1 aromatic rings. The Morgan fingerprint density at radius 2 is 2.15 bits per heavy atom. The smallest absolute Gasteiger partial charge is 0.266 e. The van der Waals surface area contributed by atoms with Crippen molar-refractivity contribution in [1.82, 2.24) is 4.98 Å². The van der Waals surface area contributed by atoms with Gasteiger partial charge < -0.3 is 5.73 Å². The Labute approximate surface area is 71.4 Å². The summed E-state index contributed by atoms with van der Waals surface area (Å²) in [4.78, 5) is 13.6. The van der Waals surface area contributed by atoms with Gasteiger partial charge in [-0.05, 0) is 0 Å². The normalized spacial score (nSPS) is 10.5. The fourth-order valence-electron chi connectivity index (χ4n) is 0.828. The van der Waals surface area contributed by atoms with Crippen LogP contribution in [0.4, 0.5) is 13.2 Å². The lowest BCUT2D eigenvalue weighted by molar-refractivity contribution is 0.0985. The van der Waals surface area contributed by atoms with Gasteiger partial charge >= 0.3 is 0 Å². The highest BCUT2D eigenvalue weighted by Gasteiger charge is 2.17. The van der Waals surface area contributed by atoms with Gasteiger partial charge in [-0.3, -0.25) is 4.79 Å². The van der Waals surface area contributed by atoms with Crippen molar-refractivity contribution in [3.63, 3.8) is 0 Å². The van der Waals surface area contributed by atoms with Gasteiger partial charge in [-0.2, -0.15) is 4.39 Å². The molecule has 2 N–H and O–H groups in total. The van der Waals surface area contributed by atoms with E-state index in [0.717, 1.165) is 0 Å². The molecule has 1 aromatic heterocycles. The summed E-state index contributed by atoms with van der Waals surface area (Å²) in [6.45, 7) is 0. The first-order valence-electron chi connectivity index (χ1n) is 3.25. The molecule has 0 aromatic carbocycles. The predicted molar refractivity (Wildman–Crippen MR) is 37.7 cm³/mol. The maximum absolute atomic E-state index is 12.4. The number of nitrogens with two attached hydrogens (primary N) is 1. The van der Waals surface area contributed by atoms with Crippen LogP contribution in [0.15, 0.2) is 12.3 Å². The number of amides is 1. The number of carbonyl (C=O) groups is 1. The number of hydrogen-bond acceptors (Lipinski definition) is 2. The van der Waals surface area contributed by atoms with Crippen molar-refractivity contribution < 1.29 is 18.0 Å². The van der Waals surface area contributed by atoms with Crippen molar-refractivity contribution in [3.8, 4) is 0 Å². The Hall–Kier alpha value is -1.59. The van der Waals surface area contributed by atoms with Gasteiger partial charge in [0.2, 0.25) is 11.9 Å². The number of pyridine rings is 1. The highest BCUT2D eigenvalue weighted by Crippen LogP contribution is 2.21. The Balaban J connectivity index is 3.27. The second-order valence-electron chi connectivity index (χ2n) is 2.26. The molecule has 3 nitrogen and oxygen atoms in total. The van der Waals surface area contributed by atoms with Crippen molar-refractivity contribution in [1.29, 1.82) is 0 Å². The summed E-state index contributed by atoms with van der Waals surface area (Å²) >= 11 is 0. The molecule has 0 bridgehead atoms. The van der Waals surface area contributed by atoms with Crippen molar-refractivity contribution in [2.75, 3.05) is 0 Å². The second kappa shape index (κ2) is 3.42. The first-order chi connectivity index (χ1) is 6.02. The van der Waals surface area contributed by atoms with Gasteiger partial charge in [0.05, 0.1) is 5.56 Å². The van der Waals surface area contributed by atoms with E-state index in [1.54, 1.807) is 0 Å². The molecular formula is C7H5F3N2O. The minimum atomic E-state index is -2.89. The van der Waals surface area contributed by atoms with Gasteiger partial charge in [0.25, 0.3) is 6.43 Å². The van der Waals surface area contributed by atoms with E-state index in [0.29, 0.717) is 12.3 Å². The molecule has 0 aliphatic rings. The van der Waals surface area contributed by atoms with E-state index in [1.807, 2.05) is 0 Å². The van der Waals surface area contributed by atoms with E-state index in [9.17, 15) is 18.0 Å². The van der Waals surface area contributed by atoms with Gasteiger partial charge in [0, 0.05) is 17.8 Å². The average molecular weight is 190 g/mol. The molecule has 13 heavy (non-hydrogen) atoms. The molecule has 0 aliphatic heterocycles. The molecule has 70 valence electrons. The number of carbonyl (C=O) groups excluding carboxylic acids is 1. The summed E-state index contributed by atoms with van der Waals surface area (Å²) < 4.78 is 36.7. The van der Waals surface area contributed by atoms with Crippen LogP contribution in [0.3, 0.4) is 0 Å². The number of primary amides is 1. The summed E-state index contributed by atoms with van der Waals surface area (Å²) in [5, 5.41) is 0. The molecule has 0 atom stereocenters. The lowest BCUT2D eigenvalue weighted by atomic mass is 10.1. The first-order valence-corrected chi connectivity index (χ1v) is 3.25. The van der Waals surface area contributed by atoms with Crippen molar-refractivity contribution in [2.45, 2.75) is 6.43 Å². The van der Waals surface area contributed by atoms with Crippen molar-refractivity contribution >= 4 is 5.91 Å². The number of rotatable bonds is 2. The second-order valence-corrected chi connectivity index (χ2v) is 2.26. The highest BCUT2D eigenvalue weighted by molar-refractivity contribution is 5.94. The SMILES string of the molecule is NC(=O)c1cc(F)ncc1C(F)F. The number of alkyl halides is 2. The monoisotopic (exact) mass is 190 g/mol. The number of hydrogen-bond donors (Lipinski definition) is 1. The van der Waals surface area contributed by atoms with E-state index < -0.39 is 29.4 Å². The first kappa shape index (κ1) is 9.50. The van der Waals surface area contributed by atoms with Gasteiger partial charge in [-0.25, -0.2) is 13.8 Å². The van der Waals surface area contributed by atoms with Crippen LogP contribution in [0.1, 0.15) is 22.3 Å². The molecule has 0 saturated carbocycles. The Morgan fingerprint density at radius 1 is 1.54 bits per heavy atom. The van der Waals surface area contributed by atoms with Crippen molar-refractivity contribution in [3.05, 3.63) is 29.3 Å². The largest absolute Gasteiger partial charge is 0.366 e. The van der Waals surface area contributed by atoms with Crippen LogP contribution in [0.25, 0.3) is 0 Å². The average Bonchev–Trinajstić information content (AvgIpc) is 2.03.